The monoisotopic (exact) mass is 241 g/mol. The van der Waals surface area contributed by atoms with Crippen LogP contribution in [0.4, 0.5) is 5.82 Å². The maximum atomic E-state index is 5.73. The highest BCUT2D eigenvalue weighted by Crippen LogP contribution is 2.34. The summed E-state index contributed by atoms with van der Waals surface area (Å²) < 4.78 is 0. The Morgan fingerprint density at radius 3 is 2.73 bits per heavy atom. The third-order valence-corrected chi connectivity index (χ3v) is 4.28. The lowest BCUT2D eigenvalue weighted by Gasteiger charge is -2.08. The van der Waals surface area contributed by atoms with Crippen LogP contribution in [0.25, 0.3) is 0 Å². The van der Waals surface area contributed by atoms with Crippen molar-refractivity contribution in [2.45, 2.75) is 41.1 Å². The van der Waals surface area contributed by atoms with Crippen molar-refractivity contribution in [2.75, 3.05) is 12.0 Å². The molecule has 0 aromatic carbocycles. The lowest BCUT2D eigenvalue weighted by molar-refractivity contribution is 0.873. The number of anilines is 1. The number of nitrogens with two attached hydrogens (primary N) is 1. The molecular formula is C10H15N3S2. The van der Waals surface area contributed by atoms with E-state index in [1.165, 1.54) is 37.4 Å². The quantitative estimate of drug-likeness (QED) is 0.501. The van der Waals surface area contributed by atoms with Gasteiger partial charge in [-0.05, 0) is 19.1 Å². The van der Waals surface area contributed by atoms with Crippen LogP contribution in [-0.2, 0) is 0 Å². The van der Waals surface area contributed by atoms with E-state index in [9.17, 15) is 0 Å². The molecule has 5 heteroatoms. The van der Waals surface area contributed by atoms with Crippen molar-refractivity contribution in [1.82, 2.24) is 9.97 Å². The van der Waals surface area contributed by atoms with E-state index in [4.69, 9.17) is 5.73 Å². The Bertz CT molecular complexity index is 337. The summed E-state index contributed by atoms with van der Waals surface area (Å²) in [6.45, 7) is 0. The van der Waals surface area contributed by atoms with Gasteiger partial charge >= 0.3 is 0 Å². The first kappa shape index (κ1) is 11.1. The van der Waals surface area contributed by atoms with Gasteiger partial charge in [0, 0.05) is 11.3 Å². The summed E-state index contributed by atoms with van der Waals surface area (Å²) in [7, 11) is 0. The molecule has 1 aliphatic rings. The number of hydrogen-bond donors (Lipinski definition) is 1. The molecule has 3 nitrogen and oxygen atoms in total. The molecule has 2 rings (SSSR count). The Kier molecular flexibility index (Phi) is 3.75. The Morgan fingerprint density at radius 2 is 2.07 bits per heavy atom. The molecular weight excluding hydrogens is 226 g/mol. The van der Waals surface area contributed by atoms with Gasteiger partial charge in [-0.2, -0.15) is 0 Å². The predicted octanol–water partition coefficient (Wildman–Crippen LogP) is 2.82. The SMILES string of the molecule is CSc1nc(N)cc(SC2CCCC2)n1. The van der Waals surface area contributed by atoms with Gasteiger partial charge in [-0.15, -0.1) is 11.8 Å². The van der Waals surface area contributed by atoms with Crippen LogP contribution >= 0.6 is 23.5 Å². The maximum absolute atomic E-state index is 5.73. The molecule has 1 aliphatic carbocycles. The summed E-state index contributed by atoms with van der Waals surface area (Å²) >= 11 is 3.39. The number of aromatic nitrogens is 2. The van der Waals surface area contributed by atoms with Gasteiger partial charge in [0.2, 0.25) is 0 Å². The second-order valence-electron chi connectivity index (χ2n) is 3.64. The maximum Gasteiger partial charge on any atom is 0.190 e. The van der Waals surface area contributed by atoms with Crippen LogP contribution in [0.5, 0.6) is 0 Å². The van der Waals surface area contributed by atoms with Crippen LogP contribution in [0, 0.1) is 0 Å². The number of nitrogens with zero attached hydrogens (tertiary/aromatic N) is 2. The highest BCUT2D eigenvalue weighted by Gasteiger charge is 2.17. The molecule has 1 heterocycles. The molecule has 0 saturated heterocycles. The highest BCUT2D eigenvalue weighted by atomic mass is 32.2. The van der Waals surface area contributed by atoms with Crippen LogP contribution in [0.2, 0.25) is 0 Å². The van der Waals surface area contributed by atoms with Gasteiger partial charge in [0.15, 0.2) is 5.16 Å². The largest absolute Gasteiger partial charge is 0.384 e. The van der Waals surface area contributed by atoms with Crippen molar-refractivity contribution < 1.29 is 0 Å². The van der Waals surface area contributed by atoms with Crippen LogP contribution < -0.4 is 5.73 Å². The van der Waals surface area contributed by atoms with Gasteiger partial charge in [0.25, 0.3) is 0 Å². The summed E-state index contributed by atoms with van der Waals surface area (Å²) in [5.41, 5.74) is 5.73. The third kappa shape index (κ3) is 3.01. The molecule has 82 valence electrons. The minimum Gasteiger partial charge on any atom is -0.384 e. The molecule has 15 heavy (non-hydrogen) atoms. The second-order valence-corrected chi connectivity index (χ2v) is 5.74. The zero-order valence-electron chi connectivity index (χ0n) is 8.77. The van der Waals surface area contributed by atoms with Gasteiger partial charge in [-0.1, -0.05) is 24.6 Å². The van der Waals surface area contributed by atoms with E-state index in [1.807, 2.05) is 24.1 Å². The lowest BCUT2D eigenvalue weighted by Crippen LogP contribution is -1.99. The minimum absolute atomic E-state index is 0.579. The van der Waals surface area contributed by atoms with Crippen molar-refractivity contribution in [3.63, 3.8) is 0 Å². The van der Waals surface area contributed by atoms with Crippen LogP contribution in [0.1, 0.15) is 25.7 Å². The van der Waals surface area contributed by atoms with Crippen LogP contribution in [0.15, 0.2) is 16.2 Å². The number of nitrogen functional groups attached to an aromatic ring is 1. The van der Waals surface area contributed by atoms with E-state index in [0.29, 0.717) is 5.82 Å². The van der Waals surface area contributed by atoms with E-state index < -0.39 is 0 Å². The molecule has 0 atom stereocenters. The van der Waals surface area contributed by atoms with Crippen molar-refractivity contribution in [2.24, 2.45) is 0 Å². The third-order valence-electron chi connectivity index (χ3n) is 2.47. The fourth-order valence-corrected chi connectivity index (χ4v) is 3.43. The molecule has 0 radical (unpaired) electrons. The normalized spacial score (nSPS) is 17.1. The van der Waals surface area contributed by atoms with Gasteiger partial charge in [-0.25, -0.2) is 9.97 Å². The van der Waals surface area contributed by atoms with Gasteiger partial charge in [-0.3, -0.25) is 0 Å². The molecule has 0 unspecified atom stereocenters. The van der Waals surface area contributed by atoms with Crippen LogP contribution in [-0.4, -0.2) is 21.5 Å². The summed E-state index contributed by atoms with van der Waals surface area (Å²) in [6.07, 6.45) is 7.30. The molecule has 2 N–H and O–H groups in total. The Labute approximate surface area is 98.6 Å². The molecule has 1 aromatic rings. The summed E-state index contributed by atoms with van der Waals surface area (Å²) in [6, 6.07) is 1.88. The molecule has 0 bridgehead atoms. The van der Waals surface area contributed by atoms with Crippen molar-refractivity contribution in [3.8, 4) is 0 Å². The van der Waals surface area contributed by atoms with Crippen molar-refractivity contribution in [3.05, 3.63) is 6.07 Å². The molecule has 1 fully saturated rings. The number of rotatable bonds is 3. The van der Waals surface area contributed by atoms with E-state index >= 15 is 0 Å². The van der Waals surface area contributed by atoms with Crippen molar-refractivity contribution >= 4 is 29.3 Å². The summed E-state index contributed by atoms with van der Waals surface area (Å²) in [4.78, 5) is 8.59. The van der Waals surface area contributed by atoms with Crippen LogP contribution in [0.3, 0.4) is 0 Å². The molecule has 0 spiro atoms. The first-order chi connectivity index (χ1) is 7.28. The average Bonchev–Trinajstić information content (AvgIpc) is 2.69. The van der Waals surface area contributed by atoms with Gasteiger partial charge in [0.05, 0.1) is 0 Å². The topological polar surface area (TPSA) is 51.8 Å². The minimum atomic E-state index is 0.579. The Balaban J connectivity index is 2.09. The Morgan fingerprint density at radius 1 is 1.33 bits per heavy atom. The summed E-state index contributed by atoms with van der Waals surface area (Å²) in [5.74, 6) is 0.579. The highest BCUT2D eigenvalue weighted by molar-refractivity contribution is 8.00. The van der Waals surface area contributed by atoms with Gasteiger partial charge < -0.3 is 5.73 Å². The zero-order valence-corrected chi connectivity index (χ0v) is 10.4. The van der Waals surface area contributed by atoms with E-state index in [-0.39, 0.29) is 0 Å². The number of hydrogen-bond acceptors (Lipinski definition) is 5. The number of thioether (sulfide) groups is 2. The zero-order chi connectivity index (χ0) is 10.7. The van der Waals surface area contributed by atoms with E-state index in [1.54, 1.807) is 0 Å². The lowest BCUT2D eigenvalue weighted by atomic mass is 10.4. The Hall–Kier alpha value is -0.420. The first-order valence-electron chi connectivity index (χ1n) is 5.13. The van der Waals surface area contributed by atoms with E-state index in [2.05, 4.69) is 9.97 Å². The standard InChI is InChI=1S/C10H15N3S2/c1-14-10-12-8(11)6-9(13-10)15-7-4-2-3-5-7/h6-7H,2-5H2,1H3,(H2,11,12,13). The first-order valence-corrected chi connectivity index (χ1v) is 7.23. The summed E-state index contributed by atoms with van der Waals surface area (Å²) in [5, 5.41) is 2.53. The van der Waals surface area contributed by atoms with Crippen molar-refractivity contribution in [1.29, 1.82) is 0 Å². The average molecular weight is 241 g/mol. The molecule has 0 amide bonds. The van der Waals surface area contributed by atoms with E-state index in [0.717, 1.165) is 15.4 Å². The fraction of sp³-hybridized carbons (Fsp3) is 0.600. The fourth-order valence-electron chi connectivity index (χ4n) is 1.75. The second kappa shape index (κ2) is 5.07. The molecule has 0 aliphatic heterocycles. The van der Waals surface area contributed by atoms with Gasteiger partial charge in [0.1, 0.15) is 10.8 Å². The predicted molar refractivity (Wildman–Crippen MR) is 66.3 cm³/mol. The molecule has 1 aromatic heterocycles. The molecule has 1 saturated carbocycles. The smallest absolute Gasteiger partial charge is 0.190 e.